The molecule has 0 aliphatic carbocycles. The molecule has 2 aromatic carbocycles. The molecule has 1 heterocycles. The SMILES string of the molecule is COc1cc(/C=C/C(=O)c2cc3cc(Cl)ccc3o2)cc(OC)c1O. The van der Waals surface area contributed by atoms with Gasteiger partial charge in [-0.25, -0.2) is 0 Å². The molecule has 0 unspecified atom stereocenters. The molecule has 6 heteroatoms. The second-order valence-corrected chi connectivity index (χ2v) is 5.70. The van der Waals surface area contributed by atoms with E-state index in [9.17, 15) is 9.90 Å². The van der Waals surface area contributed by atoms with E-state index in [1.807, 2.05) is 0 Å². The normalized spacial score (nSPS) is 11.2. The van der Waals surface area contributed by atoms with Gasteiger partial charge in [-0.1, -0.05) is 17.7 Å². The number of phenols is 1. The summed E-state index contributed by atoms with van der Waals surface area (Å²) >= 11 is 5.93. The molecule has 0 radical (unpaired) electrons. The first kappa shape index (κ1) is 16.9. The Kier molecular flexibility index (Phi) is 4.67. The van der Waals surface area contributed by atoms with Crippen LogP contribution < -0.4 is 9.47 Å². The van der Waals surface area contributed by atoms with Gasteiger partial charge in [0.15, 0.2) is 17.3 Å². The minimum absolute atomic E-state index is 0.0948. The predicted octanol–water partition coefficient (Wildman–Crippen LogP) is 4.71. The molecule has 0 bridgehead atoms. The number of fused-ring (bicyclic) bond motifs is 1. The Balaban J connectivity index is 1.88. The first-order chi connectivity index (χ1) is 12.0. The van der Waals surface area contributed by atoms with E-state index >= 15 is 0 Å². The summed E-state index contributed by atoms with van der Waals surface area (Å²) < 4.78 is 15.7. The van der Waals surface area contributed by atoms with E-state index in [4.69, 9.17) is 25.5 Å². The lowest BCUT2D eigenvalue weighted by atomic mass is 10.1. The van der Waals surface area contributed by atoms with Crippen LogP contribution in [0, 0.1) is 0 Å². The standard InChI is InChI=1S/C19H15ClO5/c1-23-17-7-11(8-18(24-2)19(17)22)3-5-14(21)16-10-12-9-13(20)4-6-15(12)25-16/h3-10,22H,1-2H3/b5-3+. The molecule has 3 aromatic rings. The number of ether oxygens (including phenoxy) is 2. The van der Waals surface area contributed by atoms with Gasteiger partial charge >= 0.3 is 0 Å². The van der Waals surface area contributed by atoms with Crippen LogP contribution >= 0.6 is 11.6 Å². The van der Waals surface area contributed by atoms with Crippen LogP contribution in [0.4, 0.5) is 0 Å². The highest BCUT2D eigenvalue weighted by Gasteiger charge is 2.12. The smallest absolute Gasteiger partial charge is 0.221 e. The Labute approximate surface area is 149 Å². The lowest BCUT2D eigenvalue weighted by molar-refractivity contribution is 0.102. The molecule has 25 heavy (non-hydrogen) atoms. The van der Waals surface area contributed by atoms with Gasteiger partial charge in [0, 0.05) is 10.4 Å². The van der Waals surface area contributed by atoms with Crippen molar-refractivity contribution in [2.24, 2.45) is 0 Å². The molecule has 0 atom stereocenters. The maximum Gasteiger partial charge on any atom is 0.221 e. The van der Waals surface area contributed by atoms with Crippen molar-refractivity contribution in [3.05, 3.63) is 58.8 Å². The Morgan fingerprint density at radius 2 is 1.80 bits per heavy atom. The summed E-state index contributed by atoms with van der Waals surface area (Å²) in [6.07, 6.45) is 2.97. The van der Waals surface area contributed by atoms with Crippen LogP contribution in [0.2, 0.25) is 5.02 Å². The highest BCUT2D eigenvalue weighted by molar-refractivity contribution is 6.31. The van der Waals surface area contributed by atoms with E-state index in [1.54, 1.807) is 42.5 Å². The number of benzene rings is 2. The molecule has 0 aliphatic rings. The van der Waals surface area contributed by atoms with Gasteiger partial charge in [-0.15, -0.1) is 0 Å². The van der Waals surface area contributed by atoms with Crippen LogP contribution in [-0.2, 0) is 0 Å². The van der Waals surface area contributed by atoms with E-state index in [2.05, 4.69) is 0 Å². The second-order valence-electron chi connectivity index (χ2n) is 5.26. The number of ketones is 1. The van der Waals surface area contributed by atoms with Crippen LogP contribution in [-0.4, -0.2) is 25.1 Å². The molecular formula is C19H15ClO5. The Morgan fingerprint density at radius 1 is 1.12 bits per heavy atom. The van der Waals surface area contributed by atoms with E-state index in [1.165, 1.54) is 20.3 Å². The van der Waals surface area contributed by atoms with Crippen molar-refractivity contribution >= 4 is 34.4 Å². The number of hydrogen-bond acceptors (Lipinski definition) is 5. The van der Waals surface area contributed by atoms with Gasteiger partial charge in [-0.2, -0.15) is 0 Å². The third-order valence-corrected chi connectivity index (χ3v) is 3.89. The van der Waals surface area contributed by atoms with Gasteiger partial charge in [-0.05, 0) is 48.0 Å². The van der Waals surface area contributed by atoms with Gasteiger partial charge in [-0.3, -0.25) is 4.79 Å². The summed E-state index contributed by atoms with van der Waals surface area (Å²) in [7, 11) is 2.87. The first-order valence-corrected chi connectivity index (χ1v) is 7.76. The number of carbonyl (C=O) groups excluding carboxylic acids is 1. The van der Waals surface area contributed by atoms with Crippen LogP contribution in [0.15, 0.2) is 46.9 Å². The summed E-state index contributed by atoms with van der Waals surface area (Å²) in [5.74, 6) is 0.335. The zero-order valence-electron chi connectivity index (χ0n) is 13.6. The summed E-state index contributed by atoms with van der Waals surface area (Å²) in [5, 5.41) is 11.2. The second kappa shape index (κ2) is 6.91. The molecule has 0 fully saturated rings. The van der Waals surface area contributed by atoms with Crippen molar-refractivity contribution in [3.8, 4) is 17.2 Å². The van der Waals surface area contributed by atoms with E-state index in [0.29, 0.717) is 16.2 Å². The lowest BCUT2D eigenvalue weighted by Crippen LogP contribution is -1.92. The van der Waals surface area contributed by atoms with Crippen molar-refractivity contribution in [2.75, 3.05) is 14.2 Å². The molecule has 128 valence electrons. The number of allylic oxidation sites excluding steroid dienone is 1. The molecule has 0 aliphatic heterocycles. The summed E-state index contributed by atoms with van der Waals surface area (Å²) in [6, 6.07) is 9.99. The molecule has 1 aromatic heterocycles. The predicted molar refractivity (Wildman–Crippen MR) is 95.8 cm³/mol. The summed E-state index contributed by atoms with van der Waals surface area (Å²) in [6.45, 7) is 0. The van der Waals surface area contributed by atoms with E-state index in [-0.39, 0.29) is 28.8 Å². The molecule has 3 rings (SSSR count). The van der Waals surface area contributed by atoms with Gasteiger partial charge in [0.1, 0.15) is 5.58 Å². The molecule has 0 amide bonds. The van der Waals surface area contributed by atoms with Crippen LogP contribution in [0.3, 0.4) is 0 Å². The Morgan fingerprint density at radius 3 is 2.44 bits per heavy atom. The third kappa shape index (κ3) is 3.46. The van der Waals surface area contributed by atoms with Crippen LogP contribution in [0.5, 0.6) is 17.2 Å². The Bertz CT molecular complexity index is 946. The van der Waals surface area contributed by atoms with Crippen LogP contribution in [0.25, 0.3) is 17.0 Å². The number of halogens is 1. The van der Waals surface area contributed by atoms with Gasteiger partial charge < -0.3 is 19.0 Å². The first-order valence-electron chi connectivity index (χ1n) is 7.38. The Hall–Kier alpha value is -2.92. The fourth-order valence-electron chi connectivity index (χ4n) is 2.40. The highest BCUT2D eigenvalue weighted by atomic mass is 35.5. The maximum atomic E-state index is 12.3. The quantitative estimate of drug-likeness (QED) is 0.528. The van der Waals surface area contributed by atoms with E-state index < -0.39 is 0 Å². The van der Waals surface area contributed by atoms with Crippen molar-refractivity contribution in [1.82, 2.24) is 0 Å². The molecule has 5 nitrogen and oxygen atoms in total. The highest BCUT2D eigenvalue weighted by Crippen LogP contribution is 2.37. The number of furan rings is 1. The summed E-state index contributed by atoms with van der Waals surface area (Å²) in [4.78, 5) is 12.3. The molecule has 1 N–H and O–H groups in total. The number of hydrogen-bond donors (Lipinski definition) is 1. The minimum atomic E-state index is -0.293. The minimum Gasteiger partial charge on any atom is -0.502 e. The van der Waals surface area contributed by atoms with Crippen molar-refractivity contribution in [3.63, 3.8) is 0 Å². The maximum absolute atomic E-state index is 12.3. The average Bonchev–Trinajstić information content (AvgIpc) is 3.03. The fourth-order valence-corrected chi connectivity index (χ4v) is 2.58. The van der Waals surface area contributed by atoms with Crippen LogP contribution in [0.1, 0.15) is 16.1 Å². The van der Waals surface area contributed by atoms with Gasteiger partial charge in [0.05, 0.1) is 14.2 Å². The fraction of sp³-hybridized carbons (Fsp3) is 0.105. The molecular weight excluding hydrogens is 344 g/mol. The largest absolute Gasteiger partial charge is 0.502 e. The number of rotatable bonds is 5. The van der Waals surface area contributed by atoms with Crippen molar-refractivity contribution in [2.45, 2.75) is 0 Å². The van der Waals surface area contributed by atoms with E-state index in [0.717, 1.165) is 5.39 Å². The lowest BCUT2D eigenvalue weighted by Gasteiger charge is -2.09. The number of carbonyl (C=O) groups is 1. The zero-order chi connectivity index (χ0) is 18.0. The van der Waals surface area contributed by atoms with Gasteiger partial charge in [0.2, 0.25) is 11.5 Å². The zero-order valence-corrected chi connectivity index (χ0v) is 14.3. The third-order valence-electron chi connectivity index (χ3n) is 3.65. The molecule has 0 saturated carbocycles. The van der Waals surface area contributed by atoms with Gasteiger partial charge in [0.25, 0.3) is 0 Å². The number of phenolic OH excluding ortho intramolecular Hbond substituents is 1. The number of aromatic hydroxyl groups is 1. The topological polar surface area (TPSA) is 68.9 Å². The monoisotopic (exact) mass is 358 g/mol. The van der Waals surface area contributed by atoms with Crippen molar-refractivity contribution < 1.29 is 23.8 Å². The van der Waals surface area contributed by atoms with Crippen molar-refractivity contribution in [1.29, 1.82) is 0 Å². The molecule has 0 spiro atoms. The molecule has 0 saturated heterocycles. The average molecular weight is 359 g/mol. The summed E-state index contributed by atoms with van der Waals surface area (Å²) in [5.41, 5.74) is 1.23. The number of methoxy groups -OCH3 is 2.